The molecule has 0 unspecified atom stereocenters. The van der Waals surface area contributed by atoms with Crippen molar-refractivity contribution >= 4 is 15.9 Å². The van der Waals surface area contributed by atoms with Crippen LogP contribution < -0.4 is 5.32 Å². The molecule has 0 radical (unpaired) electrons. The highest BCUT2D eigenvalue weighted by molar-refractivity contribution is 9.10. The number of nitrogens with zero attached hydrogens (tertiary/aromatic N) is 1. The minimum Gasteiger partial charge on any atom is -0.353 e. The Morgan fingerprint density at radius 3 is 2.76 bits per heavy atom. The molecule has 1 N–H and O–H groups in total. The lowest BCUT2D eigenvalue weighted by atomic mass is 10.1. The maximum absolute atomic E-state index is 3.53. The van der Waals surface area contributed by atoms with E-state index in [0.29, 0.717) is 6.04 Å². The first kappa shape index (κ1) is 12.4. The highest BCUT2D eigenvalue weighted by Crippen LogP contribution is 2.18. The summed E-state index contributed by atoms with van der Waals surface area (Å²) >= 11 is 3.50. The van der Waals surface area contributed by atoms with E-state index in [1.165, 1.54) is 11.3 Å². The Balaban J connectivity index is 1.98. The summed E-state index contributed by atoms with van der Waals surface area (Å²) in [6, 6.07) is 13.0. The van der Waals surface area contributed by atoms with Crippen LogP contribution in [0.5, 0.6) is 0 Å². The molecule has 1 heterocycles. The summed E-state index contributed by atoms with van der Waals surface area (Å²) < 4.78 is 3.27. The van der Waals surface area contributed by atoms with Crippen molar-refractivity contribution in [3.8, 4) is 0 Å². The number of aromatic nitrogens is 1. The Kier molecular flexibility index (Phi) is 4.02. The first-order valence-corrected chi connectivity index (χ1v) is 6.55. The van der Waals surface area contributed by atoms with Crippen molar-refractivity contribution in [1.29, 1.82) is 0 Å². The second-order valence-electron chi connectivity index (χ2n) is 4.27. The maximum atomic E-state index is 3.53. The molecule has 1 atom stereocenters. The van der Waals surface area contributed by atoms with Crippen LogP contribution in [-0.2, 0) is 13.6 Å². The van der Waals surface area contributed by atoms with Crippen LogP contribution in [0.3, 0.4) is 0 Å². The van der Waals surface area contributed by atoms with Gasteiger partial charge in [0.15, 0.2) is 0 Å². The minimum atomic E-state index is 0.349. The van der Waals surface area contributed by atoms with Gasteiger partial charge in [0.1, 0.15) is 0 Å². The zero-order chi connectivity index (χ0) is 12.3. The van der Waals surface area contributed by atoms with Gasteiger partial charge in [-0.2, -0.15) is 0 Å². The van der Waals surface area contributed by atoms with Gasteiger partial charge in [0.25, 0.3) is 0 Å². The molecular weight excluding hydrogens is 276 g/mol. The van der Waals surface area contributed by atoms with Gasteiger partial charge < -0.3 is 9.88 Å². The summed E-state index contributed by atoms with van der Waals surface area (Å²) in [5.41, 5.74) is 2.60. The highest BCUT2D eigenvalue weighted by atomic mass is 79.9. The minimum absolute atomic E-state index is 0.349. The third-order valence-electron chi connectivity index (χ3n) is 2.99. The molecule has 0 fully saturated rings. The summed E-state index contributed by atoms with van der Waals surface area (Å²) in [4.78, 5) is 0. The number of benzene rings is 1. The molecule has 0 saturated heterocycles. The van der Waals surface area contributed by atoms with Crippen LogP contribution >= 0.6 is 15.9 Å². The van der Waals surface area contributed by atoms with Crippen LogP contribution in [0.1, 0.15) is 24.2 Å². The van der Waals surface area contributed by atoms with Crippen LogP contribution in [0, 0.1) is 0 Å². The second kappa shape index (κ2) is 5.52. The molecule has 17 heavy (non-hydrogen) atoms. The Bertz CT molecular complexity index is 490. The normalized spacial score (nSPS) is 12.6. The average molecular weight is 293 g/mol. The van der Waals surface area contributed by atoms with E-state index in [4.69, 9.17) is 0 Å². The summed E-state index contributed by atoms with van der Waals surface area (Å²) in [7, 11) is 2.07. The summed E-state index contributed by atoms with van der Waals surface area (Å²) in [5.74, 6) is 0. The van der Waals surface area contributed by atoms with Gasteiger partial charge in [0.05, 0.1) is 0 Å². The van der Waals surface area contributed by atoms with Gasteiger partial charge in [-0.15, -0.1) is 0 Å². The van der Waals surface area contributed by atoms with Crippen molar-refractivity contribution in [1.82, 2.24) is 9.88 Å². The molecule has 1 aromatic carbocycles. The molecule has 3 heteroatoms. The Labute approximate surface area is 111 Å². The molecule has 0 amide bonds. The zero-order valence-corrected chi connectivity index (χ0v) is 11.7. The molecule has 0 saturated carbocycles. The Morgan fingerprint density at radius 1 is 1.29 bits per heavy atom. The van der Waals surface area contributed by atoms with Crippen LogP contribution in [0.25, 0.3) is 0 Å². The second-order valence-corrected chi connectivity index (χ2v) is 5.18. The molecule has 1 aromatic heterocycles. The van der Waals surface area contributed by atoms with E-state index in [1.807, 2.05) is 6.07 Å². The van der Waals surface area contributed by atoms with Gasteiger partial charge in [-0.1, -0.05) is 28.1 Å². The van der Waals surface area contributed by atoms with Crippen molar-refractivity contribution in [2.75, 3.05) is 0 Å². The summed E-state index contributed by atoms with van der Waals surface area (Å²) in [5, 5.41) is 3.53. The number of rotatable bonds is 4. The van der Waals surface area contributed by atoms with Crippen molar-refractivity contribution < 1.29 is 0 Å². The molecule has 0 bridgehead atoms. The van der Waals surface area contributed by atoms with Crippen LogP contribution in [0.2, 0.25) is 0 Å². The smallest absolute Gasteiger partial charge is 0.0364 e. The van der Waals surface area contributed by atoms with Gasteiger partial charge in [0.2, 0.25) is 0 Å². The van der Waals surface area contributed by atoms with E-state index in [2.05, 4.69) is 76.3 Å². The molecule has 90 valence electrons. The number of nitrogens with one attached hydrogen (secondary N) is 1. The van der Waals surface area contributed by atoms with E-state index in [-0.39, 0.29) is 0 Å². The molecule has 2 rings (SSSR count). The molecule has 2 nitrogen and oxygen atoms in total. The van der Waals surface area contributed by atoms with E-state index >= 15 is 0 Å². The molecule has 0 aliphatic rings. The molecule has 0 aliphatic carbocycles. The Morgan fingerprint density at radius 2 is 2.12 bits per heavy atom. The standard InChI is InChI=1S/C14H17BrN2/c1-11(12-5-3-6-13(15)9-12)16-10-14-7-4-8-17(14)2/h3-9,11,16H,10H2,1-2H3/t11-/m0/s1. The molecular formula is C14H17BrN2. The monoisotopic (exact) mass is 292 g/mol. The number of hydrogen-bond donors (Lipinski definition) is 1. The first-order valence-electron chi connectivity index (χ1n) is 5.76. The summed E-state index contributed by atoms with van der Waals surface area (Å²) in [6.45, 7) is 3.07. The lowest BCUT2D eigenvalue weighted by molar-refractivity contribution is 0.558. The number of hydrogen-bond acceptors (Lipinski definition) is 1. The number of halogens is 1. The van der Waals surface area contributed by atoms with E-state index in [9.17, 15) is 0 Å². The van der Waals surface area contributed by atoms with Crippen molar-refractivity contribution in [3.05, 3.63) is 58.3 Å². The van der Waals surface area contributed by atoms with Gasteiger partial charge >= 0.3 is 0 Å². The van der Waals surface area contributed by atoms with E-state index in [0.717, 1.165) is 11.0 Å². The van der Waals surface area contributed by atoms with Crippen LogP contribution in [0.15, 0.2) is 47.1 Å². The summed E-state index contributed by atoms with van der Waals surface area (Å²) in [6.07, 6.45) is 2.07. The third-order valence-corrected chi connectivity index (χ3v) is 3.48. The highest BCUT2D eigenvalue weighted by Gasteiger charge is 2.05. The maximum Gasteiger partial charge on any atom is 0.0364 e. The van der Waals surface area contributed by atoms with Crippen molar-refractivity contribution in [2.24, 2.45) is 7.05 Å². The van der Waals surface area contributed by atoms with Gasteiger partial charge in [0, 0.05) is 36.0 Å². The van der Waals surface area contributed by atoms with Crippen LogP contribution in [-0.4, -0.2) is 4.57 Å². The fraction of sp³-hybridized carbons (Fsp3) is 0.286. The van der Waals surface area contributed by atoms with Gasteiger partial charge in [-0.25, -0.2) is 0 Å². The predicted molar refractivity (Wildman–Crippen MR) is 74.8 cm³/mol. The third kappa shape index (κ3) is 3.20. The predicted octanol–water partition coefficient (Wildman–Crippen LogP) is 3.64. The van der Waals surface area contributed by atoms with Crippen LogP contribution in [0.4, 0.5) is 0 Å². The molecule has 2 aromatic rings. The first-order chi connectivity index (χ1) is 8.16. The largest absolute Gasteiger partial charge is 0.353 e. The number of aryl methyl sites for hydroxylation is 1. The van der Waals surface area contributed by atoms with E-state index in [1.54, 1.807) is 0 Å². The quantitative estimate of drug-likeness (QED) is 0.910. The molecule has 0 spiro atoms. The van der Waals surface area contributed by atoms with Crippen molar-refractivity contribution in [2.45, 2.75) is 19.5 Å². The van der Waals surface area contributed by atoms with E-state index < -0.39 is 0 Å². The zero-order valence-electron chi connectivity index (χ0n) is 10.2. The fourth-order valence-electron chi connectivity index (χ4n) is 1.83. The van der Waals surface area contributed by atoms with Gasteiger partial charge in [-0.05, 0) is 36.8 Å². The average Bonchev–Trinajstić information content (AvgIpc) is 2.72. The van der Waals surface area contributed by atoms with Crippen molar-refractivity contribution in [3.63, 3.8) is 0 Å². The lowest BCUT2D eigenvalue weighted by Gasteiger charge is -2.15. The SMILES string of the molecule is C[C@H](NCc1cccn1C)c1cccc(Br)c1. The molecule has 0 aliphatic heterocycles. The van der Waals surface area contributed by atoms with Gasteiger partial charge in [-0.3, -0.25) is 0 Å². The topological polar surface area (TPSA) is 17.0 Å². The fourth-order valence-corrected chi connectivity index (χ4v) is 2.25. The Hall–Kier alpha value is -1.06. The lowest BCUT2D eigenvalue weighted by Crippen LogP contribution is -2.19.